The van der Waals surface area contributed by atoms with Gasteiger partial charge in [-0.3, -0.25) is 14.6 Å². The predicted molar refractivity (Wildman–Crippen MR) is 105 cm³/mol. The summed E-state index contributed by atoms with van der Waals surface area (Å²) < 4.78 is 0. The number of aliphatic imine (C=N–C) groups is 1. The van der Waals surface area contributed by atoms with Crippen LogP contribution < -0.4 is 16.4 Å². The summed E-state index contributed by atoms with van der Waals surface area (Å²) in [6, 6.07) is 7.61. The molecular formula is C19H31N5O2. The van der Waals surface area contributed by atoms with E-state index in [1.54, 1.807) is 32.8 Å². The average molecular weight is 361 g/mol. The summed E-state index contributed by atoms with van der Waals surface area (Å²) in [5.74, 6) is 0.255. The van der Waals surface area contributed by atoms with Crippen LogP contribution in [0.15, 0.2) is 29.3 Å². The minimum absolute atomic E-state index is 0.0107. The van der Waals surface area contributed by atoms with Crippen molar-refractivity contribution < 1.29 is 9.59 Å². The lowest BCUT2D eigenvalue weighted by atomic mass is 9.93. The molecule has 0 saturated carbocycles. The standard InChI is InChI=1S/C19H31N5O2/c1-6-21-18(23-13-19(2,3)17(20)26)22-11-10-14-8-7-9-15(12-14)16(25)24(4)5/h7-9,12H,6,10-11,13H2,1-5H3,(H2,20,26)(H2,21,22,23). The van der Waals surface area contributed by atoms with Gasteiger partial charge in [-0.05, 0) is 44.9 Å². The maximum Gasteiger partial charge on any atom is 0.253 e. The Labute approximate surface area is 156 Å². The molecule has 7 heteroatoms. The smallest absolute Gasteiger partial charge is 0.253 e. The topological polar surface area (TPSA) is 99.8 Å². The normalized spacial score (nSPS) is 11.8. The fourth-order valence-electron chi connectivity index (χ4n) is 2.14. The number of nitrogens with two attached hydrogens (primary N) is 1. The molecule has 0 heterocycles. The lowest BCUT2D eigenvalue weighted by Crippen LogP contribution is -2.40. The molecule has 0 bridgehead atoms. The number of carbonyl (C=O) groups excluding carboxylic acids is 2. The van der Waals surface area contributed by atoms with Crippen LogP contribution in [0.2, 0.25) is 0 Å². The second-order valence-electron chi connectivity index (χ2n) is 7.02. The van der Waals surface area contributed by atoms with Gasteiger partial charge in [0.1, 0.15) is 0 Å². The van der Waals surface area contributed by atoms with Crippen molar-refractivity contribution in [2.24, 2.45) is 16.1 Å². The fourth-order valence-corrected chi connectivity index (χ4v) is 2.14. The van der Waals surface area contributed by atoms with Gasteiger partial charge >= 0.3 is 0 Å². The third-order valence-electron chi connectivity index (χ3n) is 3.93. The van der Waals surface area contributed by atoms with Gasteiger partial charge in [0.25, 0.3) is 5.91 Å². The van der Waals surface area contributed by atoms with Crippen molar-refractivity contribution >= 4 is 17.8 Å². The third-order valence-corrected chi connectivity index (χ3v) is 3.93. The van der Waals surface area contributed by atoms with E-state index >= 15 is 0 Å². The third kappa shape index (κ3) is 6.74. The summed E-state index contributed by atoms with van der Waals surface area (Å²) in [6.45, 7) is 7.21. The zero-order valence-corrected chi connectivity index (χ0v) is 16.4. The van der Waals surface area contributed by atoms with Crippen LogP contribution in [0.5, 0.6) is 0 Å². The Hall–Kier alpha value is -2.57. The zero-order chi connectivity index (χ0) is 19.7. The molecule has 1 aromatic carbocycles. The lowest BCUT2D eigenvalue weighted by Gasteiger charge is -2.19. The molecule has 0 fully saturated rings. The molecule has 0 radical (unpaired) electrons. The minimum atomic E-state index is -0.691. The van der Waals surface area contributed by atoms with Crippen LogP contribution in [0.25, 0.3) is 0 Å². The van der Waals surface area contributed by atoms with E-state index in [2.05, 4.69) is 15.6 Å². The highest BCUT2D eigenvalue weighted by Gasteiger charge is 2.24. The van der Waals surface area contributed by atoms with Crippen molar-refractivity contribution in [1.82, 2.24) is 15.5 Å². The van der Waals surface area contributed by atoms with Crippen LogP contribution in [0.3, 0.4) is 0 Å². The van der Waals surface area contributed by atoms with Gasteiger partial charge in [0.05, 0.1) is 12.0 Å². The largest absolute Gasteiger partial charge is 0.369 e. The number of primary amides is 1. The van der Waals surface area contributed by atoms with E-state index in [0.29, 0.717) is 24.6 Å². The quantitative estimate of drug-likeness (QED) is 0.475. The van der Waals surface area contributed by atoms with E-state index in [-0.39, 0.29) is 11.8 Å². The molecule has 0 aliphatic heterocycles. The van der Waals surface area contributed by atoms with Gasteiger partial charge in [-0.25, -0.2) is 0 Å². The van der Waals surface area contributed by atoms with Gasteiger partial charge in [0.15, 0.2) is 5.96 Å². The molecule has 0 saturated heterocycles. The molecule has 0 atom stereocenters. The maximum absolute atomic E-state index is 12.0. The lowest BCUT2D eigenvalue weighted by molar-refractivity contribution is -0.125. The van der Waals surface area contributed by atoms with Crippen molar-refractivity contribution in [2.45, 2.75) is 27.2 Å². The number of guanidine groups is 1. The second kappa shape index (κ2) is 9.79. The van der Waals surface area contributed by atoms with Gasteiger partial charge in [0, 0.05) is 32.7 Å². The van der Waals surface area contributed by atoms with Crippen molar-refractivity contribution in [3.8, 4) is 0 Å². The predicted octanol–water partition coefficient (Wildman–Crippen LogP) is 0.998. The first-order valence-electron chi connectivity index (χ1n) is 8.80. The summed E-state index contributed by atoms with van der Waals surface area (Å²) >= 11 is 0. The summed E-state index contributed by atoms with van der Waals surface area (Å²) in [4.78, 5) is 29.5. The molecule has 4 N–H and O–H groups in total. The van der Waals surface area contributed by atoms with Crippen LogP contribution in [-0.4, -0.2) is 56.4 Å². The number of amides is 2. The Morgan fingerprint density at radius 2 is 1.92 bits per heavy atom. The van der Waals surface area contributed by atoms with Crippen molar-refractivity contribution in [1.29, 1.82) is 0 Å². The van der Waals surface area contributed by atoms with E-state index in [1.807, 2.05) is 31.2 Å². The van der Waals surface area contributed by atoms with Crippen molar-refractivity contribution in [2.75, 3.05) is 33.7 Å². The van der Waals surface area contributed by atoms with E-state index in [0.717, 1.165) is 18.5 Å². The van der Waals surface area contributed by atoms with Gasteiger partial charge in [-0.15, -0.1) is 0 Å². The Morgan fingerprint density at radius 3 is 2.50 bits per heavy atom. The molecule has 0 aliphatic rings. The molecule has 2 amide bonds. The van der Waals surface area contributed by atoms with Crippen LogP contribution in [0, 0.1) is 5.41 Å². The maximum atomic E-state index is 12.0. The fraction of sp³-hybridized carbons (Fsp3) is 0.526. The molecule has 1 aromatic rings. The molecule has 0 aromatic heterocycles. The van der Waals surface area contributed by atoms with Gasteiger partial charge in [0.2, 0.25) is 5.91 Å². The van der Waals surface area contributed by atoms with Crippen molar-refractivity contribution in [3.05, 3.63) is 35.4 Å². The molecule has 0 unspecified atom stereocenters. The number of nitrogens with zero attached hydrogens (tertiary/aromatic N) is 2. The first-order chi connectivity index (χ1) is 12.2. The van der Waals surface area contributed by atoms with E-state index < -0.39 is 5.41 Å². The number of carbonyl (C=O) groups is 2. The average Bonchev–Trinajstić information content (AvgIpc) is 2.59. The van der Waals surface area contributed by atoms with Crippen LogP contribution >= 0.6 is 0 Å². The summed E-state index contributed by atoms with van der Waals surface area (Å²) in [6.07, 6.45) is 0.748. The number of hydrogen-bond acceptors (Lipinski definition) is 3. The number of benzene rings is 1. The van der Waals surface area contributed by atoms with E-state index in [1.165, 1.54) is 0 Å². The molecule has 26 heavy (non-hydrogen) atoms. The summed E-state index contributed by atoms with van der Waals surface area (Å²) in [7, 11) is 3.48. The zero-order valence-electron chi connectivity index (χ0n) is 16.4. The highest BCUT2D eigenvalue weighted by atomic mass is 16.2. The van der Waals surface area contributed by atoms with E-state index in [9.17, 15) is 9.59 Å². The van der Waals surface area contributed by atoms with E-state index in [4.69, 9.17) is 5.73 Å². The summed E-state index contributed by atoms with van der Waals surface area (Å²) in [5, 5.41) is 6.39. The molecule has 144 valence electrons. The Balaban J connectivity index is 2.67. The highest BCUT2D eigenvalue weighted by molar-refractivity contribution is 5.94. The minimum Gasteiger partial charge on any atom is -0.369 e. The Morgan fingerprint density at radius 1 is 1.23 bits per heavy atom. The van der Waals surface area contributed by atoms with Crippen LogP contribution in [0.4, 0.5) is 0 Å². The Bertz CT molecular complexity index is 653. The molecular weight excluding hydrogens is 330 g/mol. The van der Waals surface area contributed by atoms with Gasteiger partial charge in [-0.2, -0.15) is 0 Å². The highest BCUT2D eigenvalue weighted by Crippen LogP contribution is 2.14. The van der Waals surface area contributed by atoms with Crippen LogP contribution in [0.1, 0.15) is 36.7 Å². The summed E-state index contributed by atoms with van der Waals surface area (Å²) in [5.41, 5.74) is 6.44. The van der Waals surface area contributed by atoms with Crippen molar-refractivity contribution in [3.63, 3.8) is 0 Å². The van der Waals surface area contributed by atoms with Gasteiger partial charge < -0.3 is 21.3 Å². The monoisotopic (exact) mass is 361 g/mol. The first kappa shape index (κ1) is 21.5. The Kier molecular flexibility index (Phi) is 8.09. The SMILES string of the molecule is CCNC(=NCC(C)(C)C(N)=O)NCCc1cccc(C(=O)N(C)C)c1. The molecule has 1 rings (SSSR count). The molecule has 0 spiro atoms. The number of nitrogens with one attached hydrogen (secondary N) is 2. The van der Waals surface area contributed by atoms with Gasteiger partial charge in [-0.1, -0.05) is 12.1 Å². The number of hydrogen-bond donors (Lipinski definition) is 3. The number of rotatable bonds is 8. The van der Waals surface area contributed by atoms with Crippen LogP contribution in [-0.2, 0) is 11.2 Å². The molecule has 0 aliphatic carbocycles. The second-order valence-corrected chi connectivity index (χ2v) is 7.02. The first-order valence-corrected chi connectivity index (χ1v) is 8.80. The molecule has 7 nitrogen and oxygen atoms in total.